The molecule has 2 aromatic carbocycles. The van der Waals surface area contributed by atoms with Crippen LogP contribution in [-0.4, -0.2) is 29.5 Å². The number of hydrogen-bond acceptors (Lipinski definition) is 4. The van der Waals surface area contributed by atoms with Crippen molar-refractivity contribution >= 4 is 16.9 Å². The van der Waals surface area contributed by atoms with Crippen molar-refractivity contribution < 1.29 is 19.4 Å². The molecule has 0 fully saturated rings. The highest BCUT2D eigenvalue weighted by molar-refractivity contribution is 5.92. The van der Waals surface area contributed by atoms with Crippen LogP contribution in [0.4, 0.5) is 0 Å². The van der Waals surface area contributed by atoms with Gasteiger partial charge in [0, 0.05) is 30.4 Å². The first-order valence-corrected chi connectivity index (χ1v) is 7.15. The number of methoxy groups -OCH3 is 1. The third-order valence-corrected chi connectivity index (χ3v) is 3.64. The van der Waals surface area contributed by atoms with E-state index in [9.17, 15) is 15.2 Å². The number of carboxylic acids is 1. The lowest BCUT2D eigenvalue weighted by Gasteiger charge is -2.11. The molecule has 0 saturated heterocycles. The van der Waals surface area contributed by atoms with Gasteiger partial charge in [-0.05, 0) is 18.2 Å². The molecule has 24 heavy (non-hydrogen) atoms. The molecule has 0 radical (unpaired) electrons. The lowest BCUT2D eigenvalue weighted by molar-refractivity contribution is 0.0484. The average molecular weight is 322 g/mol. The SMILES string of the molecule is COCOc1cc(-n2cc(C#N)c3ccccc32)ccc1C(=O)O. The Hall–Kier alpha value is -3.30. The third kappa shape index (κ3) is 2.69. The van der Waals surface area contributed by atoms with Crippen LogP contribution in [0.5, 0.6) is 5.75 Å². The minimum atomic E-state index is -1.08. The number of fused-ring (bicyclic) bond motifs is 1. The molecule has 1 aromatic heterocycles. The molecule has 6 nitrogen and oxygen atoms in total. The summed E-state index contributed by atoms with van der Waals surface area (Å²) in [5.74, 6) is -0.874. The van der Waals surface area contributed by atoms with Gasteiger partial charge < -0.3 is 19.1 Å². The monoisotopic (exact) mass is 322 g/mol. The average Bonchev–Trinajstić information content (AvgIpc) is 2.98. The molecule has 0 spiro atoms. The van der Waals surface area contributed by atoms with Crippen molar-refractivity contribution in [3.8, 4) is 17.5 Å². The predicted octanol–water partition coefficient (Wildman–Crippen LogP) is 3.18. The largest absolute Gasteiger partial charge is 0.478 e. The highest BCUT2D eigenvalue weighted by Gasteiger charge is 2.15. The molecule has 0 unspecified atom stereocenters. The van der Waals surface area contributed by atoms with Crippen LogP contribution in [0.1, 0.15) is 15.9 Å². The van der Waals surface area contributed by atoms with Crippen LogP contribution in [0.2, 0.25) is 0 Å². The van der Waals surface area contributed by atoms with Crippen LogP contribution in [0, 0.1) is 11.3 Å². The fourth-order valence-corrected chi connectivity index (χ4v) is 2.56. The summed E-state index contributed by atoms with van der Waals surface area (Å²) in [4.78, 5) is 11.3. The Morgan fingerprint density at radius 1 is 1.29 bits per heavy atom. The van der Waals surface area contributed by atoms with Gasteiger partial charge in [0.05, 0.1) is 11.1 Å². The van der Waals surface area contributed by atoms with Crippen molar-refractivity contribution in [3.63, 3.8) is 0 Å². The Kier molecular flexibility index (Phi) is 4.18. The maximum Gasteiger partial charge on any atom is 0.339 e. The van der Waals surface area contributed by atoms with Crippen molar-refractivity contribution in [1.82, 2.24) is 4.57 Å². The third-order valence-electron chi connectivity index (χ3n) is 3.64. The molecule has 1 N–H and O–H groups in total. The second kappa shape index (κ2) is 6.44. The molecular weight excluding hydrogens is 308 g/mol. The number of rotatable bonds is 5. The highest BCUT2D eigenvalue weighted by atomic mass is 16.7. The van der Waals surface area contributed by atoms with Gasteiger partial charge in [0.15, 0.2) is 6.79 Å². The molecule has 3 rings (SSSR count). The van der Waals surface area contributed by atoms with Gasteiger partial charge in [0.1, 0.15) is 17.4 Å². The summed E-state index contributed by atoms with van der Waals surface area (Å²) in [5.41, 5.74) is 2.15. The van der Waals surface area contributed by atoms with E-state index in [-0.39, 0.29) is 18.1 Å². The van der Waals surface area contributed by atoms with Gasteiger partial charge in [-0.15, -0.1) is 0 Å². The molecule has 0 aliphatic rings. The summed E-state index contributed by atoms with van der Waals surface area (Å²) in [7, 11) is 1.46. The number of nitriles is 1. The maximum atomic E-state index is 11.3. The van der Waals surface area contributed by atoms with E-state index in [2.05, 4.69) is 6.07 Å². The minimum Gasteiger partial charge on any atom is -0.478 e. The molecule has 0 saturated carbocycles. The molecule has 0 aliphatic carbocycles. The summed E-state index contributed by atoms with van der Waals surface area (Å²) in [6.45, 7) is -0.0559. The lowest BCUT2D eigenvalue weighted by atomic mass is 10.1. The molecule has 0 atom stereocenters. The second-order valence-electron chi connectivity index (χ2n) is 5.08. The fraction of sp³-hybridized carbons (Fsp3) is 0.111. The van der Waals surface area contributed by atoms with E-state index in [1.165, 1.54) is 13.2 Å². The van der Waals surface area contributed by atoms with Gasteiger partial charge in [-0.1, -0.05) is 18.2 Å². The van der Waals surface area contributed by atoms with E-state index in [1.54, 1.807) is 18.3 Å². The topological polar surface area (TPSA) is 84.5 Å². The van der Waals surface area contributed by atoms with E-state index in [0.717, 1.165) is 10.9 Å². The first kappa shape index (κ1) is 15.6. The zero-order chi connectivity index (χ0) is 17.1. The van der Waals surface area contributed by atoms with E-state index in [4.69, 9.17) is 9.47 Å². The molecule has 6 heteroatoms. The molecule has 120 valence electrons. The standard InChI is InChI=1S/C18H14N2O4/c1-23-11-24-17-8-13(6-7-15(17)18(21)22)20-10-12(9-19)14-4-2-3-5-16(14)20/h2-8,10H,11H2,1H3,(H,21,22). The lowest BCUT2D eigenvalue weighted by Crippen LogP contribution is -2.06. The van der Waals surface area contributed by atoms with Crippen LogP contribution in [0.15, 0.2) is 48.7 Å². The van der Waals surface area contributed by atoms with Crippen molar-refractivity contribution in [2.75, 3.05) is 13.9 Å². The number of hydrogen-bond donors (Lipinski definition) is 1. The minimum absolute atomic E-state index is 0.0489. The Morgan fingerprint density at radius 2 is 2.08 bits per heavy atom. The number of nitrogens with zero attached hydrogens (tertiary/aromatic N) is 2. The Morgan fingerprint density at radius 3 is 2.79 bits per heavy atom. The number of aromatic nitrogens is 1. The molecule has 1 heterocycles. The van der Waals surface area contributed by atoms with Crippen molar-refractivity contribution in [3.05, 3.63) is 59.8 Å². The second-order valence-corrected chi connectivity index (χ2v) is 5.08. The number of ether oxygens (including phenoxy) is 2. The number of carboxylic acid groups (broad SMARTS) is 1. The Labute approximate surface area is 138 Å². The van der Waals surface area contributed by atoms with Crippen LogP contribution >= 0.6 is 0 Å². The smallest absolute Gasteiger partial charge is 0.339 e. The highest BCUT2D eigenvalue weighted by Crippen LogP contribution is 2.28. The van der Waals surface area contributed by atoms with E-state index >= 15 is 0 Å². The molecule has 0 bridgehead atoms. The summed E-state index contributed by atoms with van der Waals surface area (Å²) in [6, 6.07) is 14.5. The first-order chi connectivity index (χ1) is 11.7. The fourth-order valence-electron chi connectivity index (χ4n) is 2.56. The van der Waals surface area contributed by atoms with Crippen molar-refractivity contribution in [1.29, 1.82) is 5.26 Å². The summed E-state index contributed by atoms with van der Waals surface area (Å²) in [6.07, 6.45) is 1.72. The molecular formula is C18H14N2O4. The normalized spacial score (nSPS) is 10.5. The van der Waals surface area contributed by atoms with E-state index < -0.39 is 5.97 Å². The molecule has 3 aromatic rings. The molecule has 0 aliphatic heterocycles. The number of para-hydroxylation sites is 1. The van der Waals surface area contributed by atoms with Gasteiger partial charge in [-0.25, -0.2) is 4.79 Å². The van der Waals surface area contributed by atoms with Gasteiger partial charge in [-0.2, -0.15) is 5.26 Å². The number of benzene rings is 2. The van der Waals surface area contributed by atoms with Crippen LogP contribution in [0.3, 0.4) is 0 Å². The van der Waals surface area contributed by atoms with E-state index in [0.29, 0.717) is 11.3 Å². The Balaban J connectivity index is 2.17. The van der Waals surface area contributed by atoms with Gasteiger partial charge in [0.2, 0.25) is 0 Å². The summed E-state index contributed by atoms with van der Waals surface area (Å²) >= 11 is 0. The number of carbonyl (C=O) groups is 1. The summed E-state index contributed by atoms with van der Waals surface area (Å²) in [5, 5.41) is 19.4. The van der Waals surface area contributed by atoms with Crippen LogP contribution in [0.25, 0.3) is 16.6 Å². The quantitative estimate of drug-likeness (QED) is 0.729. The van der Waals surface area contributed by atoms with E-state index in [1.807, 2.05) is 28.8 Å². The molecule has 0 amide bonds. The zero-order valence-electron chi connectivity index (χ0n) is 12.9. The van der Waals surface area contributed by atoms with Crippen molar-refractivity contribution in [2.24, 2.45) is 0 Å². The zero-order valence-corrected chi connectivity index (χ0v) is 12.9. The van der Waals surface area contributed by atoms with Crippen LogP contribution < -0.4 is 4.74 Å². The van der Waals surface area contributed by atoms with Crippen LogP contribution in [-0.2, 0) is 4.74 Å². The Bertz CT molecular complexity index is 953. The number of aromatic carboxylic acids is 1. The predicted molar refractivity (Wildman–Crippen MR) is 87.5 cm³/mol. The first-order valence-electron chi connectivity index (χ1n) is 7.15. The van der Waals surface area contributed by atoms with Gasteiger partial charge in [-0.3, -0.25) is 0 Å². The van der Waals surface area contributed by atoms with Crippen molar-refractivity contribution in [2.45, 2.75) is 0 Å². The van der Waals surface area contributed by atoms with Gasteiger partial charge in [0.25, 0.3) is 0 Å². The van der Waals surface area contributed by atoms with Gasteiger partial charge >= 0.3 is 5.97 Å². The maximum absolute atomic E-state index is 11.3. The summed E-state index contributed by atoms with van der Waals surface area (Å²) < 4.78 is 12.1.